The molecule has 2 N–H and O–H groups in total. The normalized spacial score (nSPS) is 24.8. The first-order valence-electron chi connectivity index (χ1n) is 5.73. The zero-order chi connectivity index (χ0) is 11.5. The highest BCUT2D eigenvalue weighted by atomic mass is 16.5. The topological polar surface area (TPSA) is 51.4 Å². The highest BCUT2D eigenvalue weighted by molar-refractivity contribution is 5.50. The molecular formula is C12H19N3O. The lowest BCUT2D eigenvalue weighted by Gasteiger charge is -2.27. The molecule has 1 aromatic rings. The van der Waals surface area contributed by atoms with E-state index in [9.17, 15) is 0 Å². The van der Waals surface area contributed by atoms with Gasteiger partial charge in [-0.2, -0.15) is 0 Å². The summed E-state index contributed by atoms with van der Waals surface area (Å²) in [7, 11) is 1.64. The zero-order valence-electron chi connectivity index (χ0n) is 9.89. The number of rotatable bonds is 3. The first-order valence-corrected chi connectivity index (χ1v) is 5.73. The van der Waals surface area contributed by atoms with Gasteiger partial charge in [-0.15, -0.1) is 0 Å². The lowest BCUT2D eigenvalue weighted by Crippen LogP contribution is -2.38. The molecule has 1 saturated heterocycles. The van der Waals surface area contributed by atoms with E-state index in [-0.39, 0.29) is 0 Å². The molecule has 88 valence electrons. The smallest absolute Gasteiger partial charge is 0.214 e. The van der Waals surface area contributed by atoms with Gasteiger partial charge in [-0.3, -0.25) is 0 Å². The maximum atomic E-state index is 5.83. The molecule has 1 fully saturated rings. The van der Waals surface area contributed by atoms with Crippen molar-refractivity contribution in [1.29, 1.82) is 0 Å². The van der Waals surface area contributed by atoms with Crippen LogP contribution in [0.2, 0.25) is 0 Å². The van der Waals surface area contributed by atoms with Gasteiger partial charge in [0.2, 0.25) is 5.88 Å². The molecule has 0 radical (unpaired) electrons. The molecule has 0 aromatic carbocycles. The van der Waals surface area contributed by atoms with Crippen LogP contribution in [0.1, 0.15) is 13.3 Å². The number of pyridine rings is 1. The molecule has 0 aliphatic carbocycles. The molecule has 4 nitrogen and oxygen atoms in total. The summed E-state index contributed by atoms with van der Waals surface area (Å²) >= 11 is 0. The maximum absolute atomic E-state index is 5.83. The van der Waals surface area contributed by atoms with Crippen LogP contribution in [0.15, 0.2) is 18.3 Å². The summed E-state index contributed by atoms with van der Waals surface area (Å²) in [6.07, 6.45) is 2.98. The van der Waals surface area contributed by atoms with Gasteiger partial charge >= 0.3 is 0 Å². The van der Waals surface area contributed by atoms with Gasteiger partial charge in [0.25, 0.3) is 0 Å². The predicted molar refractivity (Wildman–Crippen MR) is 64.8 cm³/mol. The van der Waals surface area contributed by atoms with E-state index in [4.69, 9.17) is 10.5 Å². The third-order valence-electron chi connectivity index (χ3n) is 3.38. The summed E-state index contributed by atoms with van der Waals surface area (Å²) in [5.74, 6) is 1.32. The predicted octanol–water partition coefficient (Wildman–Crippen LogP) is 1.26. The van der Waals surface area contributed by atoms with Gasteiger partial charge in [-0.05, 0) is 18.4 Å². The second-order valence-electron chi connectivity index (χ2n) is 4.32. The summed E-state index contributed by atoms with van der Waals surface area (Å²) in [5, 5.41) is 0. The van der Waals surface area contributed by atoms with Crippen molar-refractivity contribution in [2.24, 2.45) is 11.7 Å². The molecule has 2 rings (SSSR count). The van der Waals surface area contributed by atoms with E-state index in [2.05, 4.69) is 16.8 Å². The van der Waals surface area contributed by atoms with E-state index >= 15 is 0 Å². The number of hydrogen-bond acceptors (Lipinski definition) is 4. The minimum Gasteiger partial charge on any atom is -0.481 e. The third kappa shape index (κ3) is 1.97. The average molecular weight is 221 g/mol. The van der Waals surface area contributed by atoms with Crippen molar-refractivity contribution in [2.45, 2.75) is 19.4 Å². The van der Waals surface area contributed by atoms with Gasteiger partial charge in [0.1, 0.15) is 0 Å². The second-order valence-corrected chi connectivity index (χ2v) is 4.32. The number of nitrogens with two attached hydrogens (primary N) is 1. The van der Waals surface area contributed by atoms with Gasteiger partial charge in [-0.25, -0.2) is 4.98 Å². The van der Waals surface area contributed by atoms with Crippen molar-refractivity contribution >= 4 is 5.69 Å². The van der Waals surface area contributed by atoms with Gasteiger partial charge < -0.3 is 15.4 Å². The average Bonchev–Trinajstić information content (AvgIpc) is 2.70. The van der Waals surface area contributed by atoms with Crippen molar-refractivity contribution in [3.63, 3.8) is 0 Å². The Morgan fingerprint density at radius 2 is 2.44 bits per heavy atom. The van der Waals surface area contributed by atoms with Crippen LogP contribution in [0.25, 0.3) is 0 Å². The number of aromatic nitrogens is 1. The summed E-state index contributed by atoms with van der Waals surface area (Å²) in [4.78, 5) is 6.48. The van der Waals surface area contributed by atoms with Crippen molar-refractivity contribution < 1.29 is 4.74 Å². The first kappa shape index (κ1) is 11.2. The molecule has 2 atom stereocenters. The molecule has 0 saturated carbocycles. The highest BCUT2D eigenvalue weighted by Crippen LogP contribution is 2.30. The first-order chi connectivity index (χ1) is 7.76. The summed E-state index contributed by atoms with van der Waals surface area (Å²) in [6.45, 7) is 4.03. The largest absolute Gasteiger partial charge is 0.481 e. The molecule has 16 heavy (non-hydrogen) atoms. The van der Waals surface area contributed by atoms with Crippen molar-refractivity contribution in [2.75, 3.05) is 25.1 Å². The minimum atomic E-state index is 0.437. The number of ether oxygens (including phenoxy) is 1. The Hall–Kier alpha value is -1.29. The number of methoxy groups -OCH3 is 1. The molecule has 1 aliphatic rings. The van der Waals surface area contributed by atoms with Crippen LogP contribution in [-0.4, -0.2) is 31.2 Å². The number of anilines is 1. The zero-order valence-corrected chi connectivity index (χ0v) is 9.89. The summed E-state index contributed by atoms with van der Waals surface area (Å²) in [5.41, 5.74) is 6.99. The fourth-order valence-electron chi connectivity index (χ4n) is 2.38. The molecule has 4 heteroatoms. The Kier molecular flexibility index (Phi) is 3.29. The maximum Gasteiger partial charge on any atom is 0.214 e. The number of hydrogen-bond donors (Lipinski definition) is 1. The highest BCUT2D eigenvalue weighted by Gasteiger charge is 2.30. The van der Waals surface area contributed by atoms with Crippen molar-refractivity contribution in [1.82, 2.24) is 4.98 Å². The standard InChI is InChI=1S/C12H19N3O/c1-9-4-6-15(11(9)8-13)10-3-5-14-12(7-10)16-2/h3,5,7,9,11H,4,6,8,13H2,1-2H3. The molecular weight excluding hydrogens is 202 g/mol. The van der Waals surface area contributed by atoms with Crippen molar-refractivity contribution in [3.8, 4) is 5.88 Å². The molecule has 2 unspecified atom stereocenters. The lowest BCUT2D eigenvalue weighted by atomic mass is 10.0. The van der Waals surface area contributed by atoms with Crippen LogP contribution >= 0.6 is 0 Å². The lowest BCUT2D eigenvalue weighted by molar-refractivity contribution is 0.397. The molecule has 0 spiro atoms. The third-order valence-corrected chi connectivity index (χ3v) is 3.38. The van der Waals surface area contributed by atoms with E-state index in [1.807, 2.05) is 12.1 Å². The van der Waals surface area contributed by atoms with E-state index in [1.54, 1.807) is 13.3 Å². The fourth-order valence-corrected chi connectivity index (χ4v) is 2.38. The Morgan fingerprint density at radius 1 is 1.62 bits per heavy atom. The van der Waals surface area contributed by atoms with Crippen LogP contribution in [-0.2, 0) is 0 Å². The fraction of sp³-hybridized carbons (Fsp3) is 0.583. The van der Waals surface area contributed by atoms with Gasteiger partial charge in [0, 0.05) is 37.1 Å². The van der Waals surface area contributed by atoms with Crippen LogP contribution in [0, 0.1) is 5.92 Å². The van der Waals surface area contributed by atoms with E-state index < -0.39 is 0 Å². The molecule has 0 amide bonds. The van der Waals surface area contributed by atoms with E-state index in [0.717, 1.165) is 12.2 Å². The van der Waals surface area contributed by atoms with Crippen LogP contribution in [0.3, 0.4) is 0 Å². The molecule has 0 bridgehead atoms. The van der Waals surface area contributed by atoms with Crippen molar-refractivity contribution in [3.05, 3.63) is 18.3 Å². The van der Waals surface area contributed by atoms with E-state index in [1.165, 1.54) is 6.42 Å². The van der Waals surface area contributed by atoms with E-state index in [0.29, 0.717) is 24.4 Å². The quantitative estimate of drug-likeness (QED) is 0.835. The Balaban J connectivity index is 2.22. The van der Waals surface area contributed by atoms with Crippen LogP contribution < -0.4 is 15.4 Å². The Labute approximate surface area is 96.4 Å². The Morgan fingerprint density at radius 3 is 3.12 bits per heavy atom. The molecule has 1 aliphatic heterocycles. The second kappa shape index (κ2) is 4.70. The summed E-state index contributed by atoms with van der Waals surface area (Å²) in [6, 6.07) is 4.43. The van der Waals surface area contributed by atoms with Gasteiger partial charge in [0.05, 0.1) is 7.11 Å². The Bertz CT molecular complexity index is 356. The monoisotopic (exact) mass is 221 g/mol. The SMILES string of the molecule is COc1cc(N2CCC(C)C2CN)ccn1. The molecule has 1 aromatic heterocycles. The number of nitrogens with zero attached hydrogens (tertiary/aromatic N) is 2. The molecule has 2 heterocycles. The van der Waals surface area contributed by atoms with Gasteiger partial charge in [-0.1, -0.05) is 6.92 Å². The van der Waals surface area contributed by atoms with Crippen LogP contribution in [0.4, 0.5) is 5.69 Å². The summed E-state index contributed by atoms with van der Waals surface area (Å²) < 4.78 is 5.14. The van der Waals surface area contributed by atoms with Crippen LogP contribution in [0.5, 0.6) is 5.88 Å². The minimum absolute atomic E-state index is 0.437. The van der Waals surface area contributed by atoms with Gasteiger partial charge in [0.15, 0.2) is 0 Å².